The monoisotopic (exact) mass is 232 g/mol. The lowest BCUT2D eigenvalue weighted by Gasteiger charge is -2.03. The lowest BCUT2D eigenvalue weighted by atomic mass is 10.1. The lowest BCUT2D eigenvalue weighted by Crippen LogP contribution is -2.10. The molecule has 0 spiro atoms. The molecule has 1 aliphatic heterocycles. The van der Waals surface area contributed by atoms with E-state index in [1.165, 1.54) is 6.07 Å². The molecule has 0 aliphatic carbocycles. The van der Waals surface area contributed by atoms with Crippen molar-refractivity contribution in [3.05, 3.63) is 28.0 Å². The second-order valence-electron chi connectivity index (χ2n) is 2.61. The fourth-order valence-corrected chi connectivity index (χ4v) is 1.71. The molecule has 1 aliphatic rings. The van der Waals surface area contributed by atoms with Crippen LogP contribution in [0.3, 0.4) is 0 Å². The number of benzene rings is 1. The summed E-state index contributed by atoms with van der Waals surface area (Å²) >= 11 is 3.21. The van der Waals surface area contributed by atoms with E-state index in [-0.39, 0.29) is 12.2 Å². The maximum absolute atomic E-state index is 13.0. The molecule has 0 bridgehead atoms. The first-order chi connectivity index (χ1) is 5.68. The number of hydrogen-bond acceptors (Lipinski definition) is 2. The van der Waals surface area contributed by atoms with Crippen LogP contribution in [0.5, 0.6) is 5.75 Å². The summed E-state index contributed by atoms with van der Waals surface area (Å²) in [6.07, 6.45) is -0.686. The minimum atomic E-state index is -0.909. The maximum Gasteiger partial charge on any atom is 0.201 e. The zero-order valence-corrected chi connectivity index (χ0v) is 7.64. The summed E-state index contributed by atoms with van der Waals surface area (Å²) in [5, 5.41) is 9.09. The van der Waals surface area contributed by atoms with Crippen molar-refractivity contribution >= 4 is 15.9 Å². The summed E-state index contributed by atoms with van der Waals surface area (Å²) < 4.78 is 18.7. The Kier molecular flexibility index (Phi) is 1.81. The number of hydrogen-bond donors (Lipinski definition) is 1. The highest BCUT2D eigenvalue weighted by Crippen LogP contribution is 2.36. The van der Waals surface area contributed by atoms with E-state index in [0.29, 0.717) is 15.8 Å². The van der Waals surface area contributed by atoms with E-state index >= 15 is 0 Å². The highest BCUT2D eigenvalue weighted by atomic mass is 79.9. The number of aliphatic hydroxyl groups excluding tert-OH is 1. The summed E-state index contributed by atoms with van der Waals surface area (Å²) in [5.41, 5.74) is 0.442. The van der Waals surface area contributed by atoms with Crippen molar-refractivity contribution in [1.29, 1.82) is 0 Å². The molecule has 1 aromatic carbocycles. The highest BCUT2D eigenvalue weighted by Gasteiger charge is 2.25. The normalized spacial score (nSPS) is 20.4. The van der Waals surface area contributed by atoms with Crippen LogP contribution in [-0.4, -0.2) is 11.4 Å². The van der Waals surface area contributed by atoms with Crippen LogP contribution in [0.25, 0.3) is 0 Å². The molecule has 4 heteroatoms. The van der Waals surface area contributed by atoms with Gasteiger partial charge in [0.1, 0.15) is 11.6 Å². The molecule has 0 saturated heterocycles. The summed E-state index contributed by atoms with van der Waals surface area (Å²) in [7, 11) is 0. The Morgan fingerprint density at radius 3 is 3.00 bits per heavy atom. The van der Waals surface area contributed by atoms with Gasteiger partial charge in [-0.3, -0.25) is 0 Å². The average molecular weight is 233 g/mol. The number of ether oxygens (including phenoxy) is 1. The largest absolute Gasteiger partial charge is 0.463 e. The van der Waals surface area contributed by atoms with Crippen LogP contribution in [0.4, 0.5) is 4.39 Å². The molecule has 0 aromatic heterocycles. The van der Waals surface area contributed by atoms with Gasteiger partial charge >= 0.3 is 0 Å². The molecular weight excluding hydrogens is 227 g/mol. The molecule has 2 nitrogen and oxygen atoms in total. The molecule has 0 saturated carbocycles. The van der Waals surface area contributed by atoms with Gasteiger partial charge in [0.25, 0.3) is 0 Å². The quantitative estimate of drug-likeness (QED) is 0.740. The first-order valence-electron chi connectivity index (χ1n) is 3.50. The standard InChI is InChI=1S/C8H6BrFO2/c9-5-1-2-6(10)4-3-7(11)12-8(4)5/h1-2,7,11H,3H2. The van der Waals surface area contributed by atoms with Crippen molar-refractivity contribution in [2.45, 2.75) is 12.7 Å². The van der Waals surface area contributed by atoms with E-state index < -0.39 is 6.29 Å². The van der Waals surface area contributed by atoms with E-state index in [1.807, 2.05) is 0 Å². The molecule has 12 heavy (non-hydrogen) atoms. The molecule has 1 N–H and O–H groups in total. The van der Waals surface area contributed by atoms with Gasteiger partial charge in [0.05, 0.1) is 4.47 Å². The molecular formula is C8H6BrFO2. The Bertz CT molecular complexity index is 296. The van der Waals surface area contributed by atoms with E-state index in [4.69, 9.17) is 9.84 Å². The fourth-order valence-electron chi connectivity index (χ4n) is 1.25. The predicted molar refractivity (Wildman–Crippen MR) is 44.4 cm³/mol. The molecule has 0 fully saturated rings. The van der Waals surface area contributed by atoms with Crippen molar-refractivity contribution in [3.63, 3.8) is 0 Å². The van der Waals surface area contributed by atoms with Crippen LogP contribution in [0.1, 0.15) is 5.56 Å². The van der Waals surface area contributed by atoms with Crippen molar-refractivity contribution in [3.8, 4) is 5.75 Å². The molecule has 1 atom stereocenters. The van der Waals surface area contributed by atoms with Gasteiger partial charge in [0.2, 0.25) is 6.29 Å². The third-order valence-electron chi connectivity index (χ3n) is 1.79. The summed E-state index contributed by atoms with van der Waals surface area (Å²) in [6, 6.07) is 2.91. The number of halogens is 2. The second-order valence-corrected chi connectivity index (χ2v) is 3.47. The summed E-state index contributed by atoms with van der Waals surface area (Å²) in [5.74, 6) is 0.0900. The highest BCUT2D eigenvalue weighted by molar-refractivity contribution is 9.10. The van der Waals surface area contributed by atoms with Gasteiger partial charge in [-0.15, -0.1) is 0 Å². The predicted octanol–water partition coefficient (Wildman–Crippen LogP) is 1.84. The molecule has 64 valence electrons. The van der Waals surface area contributed by atoms with E-state index in [9.17, 15) is 4.39 Å². The fraction of sp³-hybridized carbons (Fsp3) is 0.250. The first-order valence-corrected chi connectivity index (χ1v) is 4.29. The van der Waals surface area contributed by atoms with Crippen LogP contribution < -0.4 is 4.74 Å². The van der Waals surface area contributed by atoms with Gasteiger partial charge in [-0.25, -0.2) is 4.39 Å². The van der Waals surface area contributed by atoms with Gasteiger partial charge in [-0.1, -0.05) is 0 Å². The van der Waals surface area contributed by atoms with Crippen LogP contribution in [0.15, 0.2) is 16.6 Å². The minimum Gasteiger partial charge on any atom is -0.463 e. The molecule has 0 radical (unpaired) electrons. The van der Waals surface area contributed by atoms with Crippen molar-refractivity contribution in [2.24, 2.45) is 0 Å². The van der Waals surface area contributed by atoms with E-state index in [1.54, 1.807) is 6.07 Å². The number of fused-ring (bicyclic) bond motifs is 1. The summed E-state index contributed by atoms with van der Waals surface area (Å²) in [4.78, 5) is 0. The van der Waals surface area contributed by atoms with Crippen molar-refractivity contribution in [1.82, 2.24) is 0 Å². The van der Waals surface area contributed by atoms with Gasteiger partial charge in [-0.05, 0) is 28.1 Å². The Balaban J connectivity index is 2.56. The first kappa shape index (κ1) is 8.01. The topological polar surface area (TPSA) is 29.5 Å². The van der Waals surface area contributed by atoms with E-state index in [2.05, 4.69) is 15.9 Å². The molecule has 0 amide bonds. The van der Waals surface area contributed by atoms with Gasteiger partial charge in [-0.2, -0.15) is 0 Å². The molecule has 1 unspecified atom stereocenters. The smallest absolute Gasteiger partial charge is 0.201 e. The molecule has 2 rings (SSSR count). The number of aliphatic hydroxyl groups is 1. The van der Waals surface area contributed by atoms with E-state index in [0.717, 1.165) is 0 Å². The third kappa shape index (κ3) is 1.11. The van der Waals surface area contributed by atoms with Gasteiger partial charge < -0.3 is 9.84 Å². The Hall–Kier alpha value is -0.610. The zero-order chi connectivity index (χ0) is 8.72. The molecule has 1 aromatic rings. The molecule has 1 heterocycles. The van der Waals surface area contributed by atoms with Crippen LogP contribution in [-0.2, 0) is 6.42 Å². The van der Waals surface area contributed by atoms with Gasteiger partial charge in [0, 0.05) is 12.0 Å². The Morgan fingerprint density at radius 1 is 1.58 bits per heavy atom. The SMILES string of the molecule is OC1Cc2c(F)ccc(Br)c2O1. The van der Waals surface area contributed by atoms with Crippen LogP contribution in [0.2, 0.25) is 0 Å². The van der Waals surface area contributed by atoms with Gasteiger partial charge in [0.15, 0.2) is 0 Å². The minimum absolute atomic E-state index is 0.223. The van der Waals surface area contributed by atoms with Crippen molar-refractivity contribution < 1.29 is 14.2 Å². The van der Waals surface area contributed by atoms with Crippen molar-refractivity contribution in [2.75, 3.05) is 0 Å². The summed E-state index contributed by atoms with van der Waals surface area (Å²) in [6.45, 7) is 0. The average Bonchev–Trinajstić information content (AvgIpc) is 2.41. The van der Waals surface area contributed by atoms with Crippen LogP contribution in [0, 0.1) is 5.82 Å². The Morgan fingerprint density at radius 2 is 2.33 bits per heavy atom. The van der Waals surface area contributed by atoms with Crippen LogP contribution >= 0.6 is 15.9 Å². The third-order valence-corrected chi connectivity index (χ3v) is 2.41. The zero-order valence-electron chi connectivity index (χ0n) is 6.05. The maximum atomic E-state index is 13.0. The second kappa shape index (κ2) is 2.71. The Labute approximate surface area is 77.1 Å². The number of rotatable bonds is 0. The lowest BCUT2D eigenvalue weighted by molar-refractivity contribution is 0.00163.